The monoisotopic (exact) mass is 232 g/mol. The third kappa shape index (κ3) is 3.07. The average molecular weight is 232 g/mol. The van der Waals surface area contributed by atoms with Crippen molar-refractivity contribution >= 4 is 6.09 Å². The Morgan fingerprint density at radius 1 is 1.41 bits per heavy atom. The summed E-state index contributed by atoms with van der Waals surface area (Å²) < 4.78 is 10.1. The van der Waals surface area contributed by atoms with E-state index in [-0.39, 0.29) is 6.54 Å². The van der Waals surface area contributed by atoms with E-state index in [1.807, 2.05) is 13.0 Å². The van der Waals surface area contributed by atoms with Crippen molar-refractivity contribution in [3.05, 3.63) is 48.2 Å². The molecule has 0 atom stereocenters. The van der Waals surface area contributed by atoms with Gasteiger partial charge in [-0.3, -0.25) is 0 Å². The molecule has 0 radical (unpaired) electrons. The van der Waals surface area contributed by atoms with E-state index in [1.54, 1.807) is 24.3 Å². The van der Waals surface area contributed by atoms with Crippen LogP contribution in [-0.4, -0.2) is 11.1 Å². The lowest BCUT2D eigenvalue weighted by Gasteiger charge is -2.04. The fraction of sp³-hybridized carbons (Fsp3) is 0.167. The highest BCUT2D eigenvalue weighted by Crippen LogP contribution is 2.09. The molecule has 1 heterocycles. The lowest BCUT2D eigenvalue weighted by Crippen LogP contribution is -2.26. The molecule has 1 aromatic carbocycles. The van der Waals surface area contributed by atoms with Gasteiger partial charge in [0, 0.05) is 0 Å². The van der Waals surface area contributed by atoms with Crippen LogP contribution in [0.5, 0.6) is 5.75 Å². The van der Waals surface area contributed by atoms with Gasteiger partial charge >= 0.3 is 6.09 Å². The molecule has 0 aliphatic heterocycles. The van der Waals surface area contributed by atoms with E-state index in [9.17, 15) is 4.79 Å². The fourth-order valence-corrected chi connectivity index (χ4v) is 1.28. The zero-order valence-corrected chi connectivity index (χ0v) is 9.34. The SMILES string of the molecule is Cc1ncoc1CNC(=O)Oc1ccccc1. The van der Waals surface area contributed by atoms with E-state index in [4.69, 9.17) is 9.15 Å². The quantitative estimate of drug-likeness (QED) is 0.881. The summed E-state index contributed by atoms with van der Waals surface area (Å²) in [6.45, 7) is 2.07. The zero-order valence-electron chi connectivity index (χ0n) is 9.34. The van der Waals surface area contributed by atoms with Crippen LogP contribution in [0.25, 0.3) is 0 Å². The van der Waals surface area contributed by atoms with Crippen molar-refractivity contribution in [2.45, 2.75) is 13.5 Å². The molecule has 0 aliphatic carbocycles. The van der Waals surface area contributed by atoms with Gasteiger partial charge in [0.25, 0.3) is 0 Å². The number of nitrogens with zero attached hydrogens (tertiary/aromatic N) is 1. The van der Waals surface area contributed by atoms with Gasteiger partial charge in [-0.25, -0.2) is 9.78 Å². The summed E-state index contributed by atoms with van der Waals surface area (Å²) in [5.74, 6) is 1.12. The Morgan fingerprint density at radius 2 is 2.18 bits per heavy atom. The first kappa shape index (κ1) is 11.2. The molecule has 5 heteroatoms. The van der Waals surface area contributed by atoms with Gasteiger partial charge in [0.1, 0.15) is 11.5 Å². The summed E-state index contributed by atoms with van der Waals surface area (Å²) in [7, 11) is 0. The van der Waals surface area contributed by atoms with Crippen LogP contribution in [0.15, 0.2) is 41.1 Å². The molecule has 0 saturated carbocycles. The van der Waals surface area contributed by atoms with Crippen molar-refractivity contribution in [3.8, 4) is 5.75 Å². The van der Waals surface area contributed by atoms with E-state index < -0.39 is 6.09 Å². The van der Waals surface area contributed by atoms with Gasteiger partial charge in [-0.2, -0.15) is 0 Å². The number of aryl methyl sites for hydroxylation is 1. The molecule has 0 unspecified atom stereocenters. The molecule has 0 aliphatic rings. The molecule has 0 saturated heterocycles. The molecule has 17 heavy (non-hydrogen) atoms. The summed E-state index contributed by atoms with van der Waals surface area (Å²) in [5.41, 5.74) is 0.755. The number of aromatic nitrogens is 1. The third-order valence-corrected chi connectivity index (χ3v) is 2.19. The predicted octanol–water partition coefficient (Wildman–Crippen LogP) is 2.27. The van der Waals surface area contributed by atoms with Crippen LogP contribution < -0.4 is 10.1 Å². The Morgan fingerprint density at radius 3 is 2.82 bits per heavy atom. The first-order valence-electron chi connectivity index (χ1n) is 5.15. The lowest BCUT2D eigenvalue weighted by atomic mass is 10.3. The summed E-state index contributed by atoms with van der Waals surface area (Å²) in [5, 5.41) is 2.58. The Hall–Kier alpha value is -2.30. The second-order valence-corrected chi connectivity index (χ2v) is 3.42. The van der Waals surface area contributed by atoms with Crippen LogP contribution in [0.3, 0.4) is 0 Å². The number of benzene rings is 1. The maximum Gasteiger partial charge on any atom is 0.412 e. The van der Waals surface area contributed by atoms with Crippen molar-refractivity contribution in [2.75, 3.05) is 0 Å². The van der Waals surface area contributed by atoms with Crippen molar-refractivity contribution in [1.29, 1.82) is 0 Å². The van der Waals surface area contributed by atoms with Gasteiger partial charge < -0.3 is 14.5 Å². The van der Waals surface area contributed by atoms with Gasteiger partial charge in [0.2, 0.25) is 0 Å². The van der Waals surface area contributed by atoms with Gasteiger partial charge in [-0.1, -0.05) is 18.2 Å². The number of nitrogens with one attached hydrogen (secondary N) is 1. The van der Waals surface area contributed by atoms with Crippen molar-refractivity contribution in [1.82, 2.24) is 10.3 Å². The molecule has 0 fully saturated rings. The number of rotatable bonds is 3. The molecular formula is C12H12N2O3. The minimum atomic E-state index is -0.521. The number of amides is 1. The average Bonchev–Trinajstić information content (AvgIpc) is 2.74. The van der Waals surface area contributed by atoms with E-state index in [1.165, 1.54) is 6.39 Å². The molecule has 1 N–H and O–H groups in total. The summed E-state index contributed by atoms with van der Waals surface area (Å²) in [6, 6.07) is 8.85. The second kappa shape index (κ2) is 5.16. The summed E-state index contributed by atoms with van der Waals surface area (Å²) in [6.07, 6.45) is 0.821. The fourth-order valence-electron chi connectivity index (χ4n) is 1.28. The molecule has 2 aromatic rings. The minimum absolute atomic E-state index is 0.261. The topological polar surface area (TPSA) is 64.4 Å². The zero-order chi connectivity index (χ0) is 12.1. The maximum atomic E-state index is 11.4. The van der Waals surface area contributed by atoms with Crippen molar-refractivity contribution in [3.63, 3.8) is 0 Å². The van der Waals surface area contributed by atoms with E-state index >= 15 is 0 Å². The second-order valence-electron chi connectivity index (χ2n) is 3.42. The molecule has 1 amide bonds. The standard InChI is InChI=1S/C12H12N2O3/c1-9-11(16-8-14-9)7-13-12(15)17-10-5-3-2-4-6-10/h2-6,8H,7H2,1H3,(H,13,15). The first-order valence-corrected chi connectivity index (χ1v) is 5.15. The Kier molecular flexibility index (Phi) is 3.40. The Bertz CT molecular complexity index is 493. The van der Waals surface area contributed by atoms with E-state index in [0.29, 0.717) is 11.5 Å². The van der Waals surface area contributed by atoms with Crippen LogP contribution in [-0.2, 0) is 6.54 Å². The van der Waals surface area contributed by atoms with Gasteiger partial charge in [0.15, 0.2) is 6.39 Å². The highest BCUT2D eigenvalue weighted by molar-refractivity contribution is 5.70. The Balaban J connectivity index is 1.84. The number of oxazole rings is 1. The highest BCUT2D eigenvalue weighted by Gasteiger charge is 2.07. The highest BCUT2D eigenvalue weighted by atomic mass is 16.6. The maximum absolute atomic E-state index is 11.4. The van der Waals surface area contributed by atoms with Crippen LogP contribution in [0.2, 0.25) is 0 Å². The van der Waals surface area contributed by atoms with Gasteiger partial charge in [-0.05, 0) is 19.1 Å². The molecule has 0 spiro atoms. The molecule has 1 aromatic heterocycles. The minimum Gasteiger partial charge on any atom is -0.446 e. The number of hydrogen-bond acceptors (Lipinski definition) is 4. The van der Waals surface area contributed by atoms with Crippen molar-refractivity contribution in [2.24, 2.45) is 0 Å². The number of carbonyl (C=O) groups is 1. The summed E-state index contributed by atoms with van der Waals surface area (Å²) >= 11 is 0. The van der Waals surface area contributed by atoms with E-state index in [2.05, 4.69) is 10.3 Å². The normalized spacial score (nSPS) is 9.94. The number of ether oxygens (including phenoxy) is 1. The molecule has 88 valence electrons. The lowest BCUT2D eigenvalue weighted by molar-refractivity contribution is 0.199. The van der Waals surface area contributed by atoms with Crippen molar-refractivity contribution < 1.29 is 13.9 Å². The van der Waals surface area contributed by atoms with Gasteiger partial charge in [0.05, 0.1) is 12.2 Å². The predicted molar refractivity (Wildman–Crippen MR) is 60.5 cm³/mol. The summed E-state index contributed by atoms with van der Waals surface area (Å²) in [4.78, 5) is 15.3. The van der Waals surface area contributed by atoms with Gasteiger partial charge in [-0.15, -0.1) is 0 Å². The first-order chi connectivity index (χ1) is 8.25. The van der Waals surface area contributed by atoms with Crippen LogP contribution in [0.1, 0.15) is 11.5 Å². The molecule has 0 bridgehead atoms. The van der Waals surface area contributed by atoms with Crippen LogP contribution in [0, 0.1) is 6.92 Å². The molecular weight excluding hydrogens is 220 g/mol. The third-order valence-electron chi connectivity index (χ3n) is 2.19. The Labute approximate surface area is 98.4 Å². The number of para-hydroxylation sites is 1. The number of carbonyl (C=O) groups excluding carboxylic acids is 1. The smallest absolute Gasteiger partial charge is 0.412 e. The van der Waals surface area contributed by atoms with E-state index in [0.717, 1.165) is 5.69 Å². The van der Waals surface area contributed by atoms with Crippen LogP contribution >= 0.6 is 0 Å². The largest absolute Gasteiger partial charge is 0.446 e. The number of hydrogen-bond donors (Lipinski definition) is 1. The molecule has 5 nitrogen and oxygen atoms in total. The van der Waals surface area contributed by atoms with Crippen LogP contribution in [0.4, 0.5) is 4.79 Å². The molecule has 2 rings (SSSR count).